The Kier molecular flexibility index (Phi) is 6.22. The first-order chi connectivity index (χ1) is 12.8. The summed E-state index contributed by atoms with van der Waals surface area (Å²) in [6.07, 6.45) is 0.648. The summed E-state index contributed by atoms with van der Waals surface area (Å²) in [5, 5.41) is 2.84. The normalized spacial score (nSPS) is 10.8. The zero-order valence-corrected chi connectivity index (χ0v) is 14.9. The number of amides is 1. The van der Waals surface area contributed by atoms with Crippen molar-refractivity contribution >= 4 is 16.9 Å². The van der Waals surface area contributed by atoms with Crippen LogP contribution >= 0.6 is 0 Å². The molecule has 0 aliphatic rings. The number of carbonyl (C=O) groups is 1. The van der Waals surface area contributed by atoms with E-state index >= 15 is 0 Å². The Labute approximate surface area is 152 Å². The molecule has 1 aromatic heterocycles. The van der Waals surface area contributed by atoms with Crippen LogP contribution in [0.4, 0.5) is 0 Å². The Balaban J connectivity index is 1.67. The van der Waals surface area contributed by atoms with Crippen LogP contribution in [0.5, 0.6) is 5.75 Å². The summed E-state index contributed by atoms with van der Waals surface area (Å²) in [4.78, 5) is 16.2. The van der Waals surface area contributed by atoms with Gasteiger partial charge in [0.15, 0.2) is 0 Å². The maximum Gasteiger partial charge on any atom is 0.245 e. The first-order valence-corrected chi connectivity index (χ1v) is 8.65. The zero-order valence-electron chi connectivity index (χ0n) is 14.9. The van der Waals surface area contributed by atoms with Crippen LogP contribution in [0.2, 0.25) is 0 Å². The topological polar surface area (TPSA) is 65.4 Å². The highest BCUT2D eigenvalue weighted by atomic mass is 16.5. The number of aromatic nitrogens is 2. The molecule has 1 heterocycles. The molecule has 0 saturated carbocycles. The van der Waals surface area contributed by atoms with Gasteiger partial charge in [0, 0.05) is 20.1 Å². The molecule has 3 aromatic rings. The van der Waals surface area contributed by atoms with Crippen LogP contribution in [-0.4, -0.2) is 42.3 Å². The van der Waals surface area contributed by atoms with E-state index in [0.29, 0.717) is 26.1 Å². The van der Waals surface area contributed by atoms with E-state index in [1.54, 1.807) is 0 Å². The Bertz CT molecular complexity index is 846. The summed E-state index contributed by atoms with van der Waals surface area (Å²) < 4.78 is 12.8. The van der Waals surface area contributed by atoms with Gasteiger partial charge < -0.3 is 19.4 Å². The second-order valence-corrected chi connectivity index (χ2v) is 5.86. The zero-order chi connectivity index (χ0) is 18.2. The molecule has 0 bridgehead atoms. The molecule has 0 fully saturated rings. The summed E-state index contributed by atoms with van der Waals surface area (Å²) in [6, 6.07) is 17.8. The molecule has 1 N–H and O–H groups in total. The number of carbonyl (C=O) groups excluding carboxylic acids is 1. The van der Waals surface area contributed by atoms with Crippen molar-refractivity contribution in [2.75, 3.05) is 26.9 Å². The highest BCUT2D eigenvalue weighted by Gasteiger charge is 2.11. The molecule has 0 aliphatic carbocycles. The lowest BCUT2D eigenvalue weighted by Crippen LogP contribution is -2.29. The monoisotopic (exact) mass is 353 g/mol. The Morgan fingerprint density at radius 1 is 1.12 bits per heavy atom. The van der Waals surface area contributed by atoms with E-state index < -0.39 is 0 Å². The highest BCUT2D eigenvalue weighted by Crippen LogP contribution is 2.17. The van der Waals surface area contributed by atoms with E-state index in [0.717, 1.165) is 22.6 Å². The maximum absolute atomic E-state index is 11.5. The van der Waals surface area contributed by atoms with Gasteiger partial charge in [-0.3, -0.25) is 4.79 Å². The molecule has 0 unspecified atom stereocenters. The van der Waals surface area contributed by atoms with Gasteiger partial charge in [-0.15, -0.1) is 0 Å². The number of ether oxygens (including phenoxy) is 2. The fourth-order valence-corrected chi connectivity index (χ4v) is 2.83. The second-order valence-electron chi connectivity index (χ2n) is 5.86. The van der Waals surface area contributed by atoms with Gasteiger partial charge >= 0.3 is 0 Å². The quantitative estimate of drug-likeness (QED) is 0.642. The van der Waals surface area contributed by atoms with Crippen molar-refractivity contribution in [3.05, 3.63) is 60.4 Å². The van der Waals surface area contributed by atoms with E-state index in [-0.39, 0.29) is 12.5 Å². The van der Waals surface area contributed by atoms with Gasteiger partial charge in [0.05, 0.1) is 17.6 Å². The van der Waals surface area contributed by atoms with Crippen molar-refractivity contribution in [1.29, 1.82) is 0 Å². The predicted molar refractivity (Wildman–Crippen MR) is 100 cm³/mol. The van der Waals surface area contributed by atoms with Gasteiger partial charge in [-0.1, -0.05) is 30.3 Å². The predicted octanol–water partition coefficient (Wildman–Crippen LogP) is 2.42. The number of fused-ring (bicyclic) bond motifs is 1. The summed E-state index contributed by atoms with van der Waals surface area (Å²) >= 11 is 0. The number of rotatable bonds is 9. The third-order valence-electron chi connectivity index (χ3n) is 4.01. The Hall–Kier alpha value is -2.86. The van der Waals surface area contributed by atoms with Crippen molar-refractivity contribution in [2.24, 2.45) is 0 Å². The minimum atomic E-state index is -0.123. The number of imidazole rings is 1. The van der Waals surface area contributed by atoms with Crippen molar-refractivity contribution in [3.63, 3.8) is 0 Å². The molecular weight excluding hydrogens is 330 g/mol. The molecule has 0 aliphatic heterocycles. The van der Waals surface area contributed by atoms with Gasteiger partial charge in [0.2, 0.25) is 5.91 Å². The third kappa shape index (κ3) is 4.61. The standard InChI is InChI=1S/C20H23N3O3/c1-25-15-20(24)21-12-11-19-22-17-9-5-6-10-18(17)23(19)13-14-26-16-7-3-2-4-8-16/h2-10H,11-15H2,1H3,(H,21,24). The molecule has 0 saturated heterocycles. The molecule has 0 spiro atoms. The van der Waals surface area contributed by atoms with Gasteiger partial charge in [-0.05, 0) is 24.3 Å². The number of benzene rings is 2. The molecule has 136 valence electrons. The smallest absolute Gasteiger partial charge is 0.245 e. The van der Waals surface area contributed by atoms with Gasteiger partial charge in [-0.2, -0.15) is 0 Å². The van der Waals surface area contributed by atoms with Crippen molar-refractivity contribution in [2.45, 2.75) is 13.0 Å². The first kappa shape index (κ1) is 17.9. The molecule has 6 heteroatoms. The van der Waals surface area contributed by atoms with Crippen molar-refractivity contribution in [1.82, 2.24) is 14.9 Å². The summed E-state index contributed by atoms with van der Waals surface area (Å²) in [5.41, 5.74) is 2.02. The van der Waals surface area contributed by atoms with Crippen LogP contribution in [0.1, 0.15) is 5.82 Å². The SMILES string of the molecule is COCC(=O)NCCc1nc2ccccc2n1CCOc1ccccc1. The Morgan fingerprint density at radius 2 is 1.88 bits per heavy atom. The molecule has 26 heavy (non-hydrogen) atoms. The summed E-state index contributed by atoms with van der Waals surface area (Å²) in [7, 11) is 1.51. The van der Waals surface area contributed by atoms with Gasteiger partial charge in [-0.25, -0.2) is 4.98 Å². The lowest BCUT2D eigenvalue weighted by molar-refractivity contribution is -0.124. The number of methoxy groups -OCH3 is 1. The largest absolute Gasteiger partial charge is 0.492 e. The molecule has 1 amide bonds. The van der Waals surface area contributed by atoms with Crippen molar-refractivity contribution < 1.29 is 14.3 Å². The second kappa shape index (κ2) is 9.01. The highest BCUT2D eigenvalue weighted by molar-refractivity contribution is 5.77. The maximum atomic E-state index is 11.5. The van der Waals surface area contributed by atoms with E-state index in [1.807, 2.05) is 48.5 Å². The van der Waals surface area contributed by atoms with E-state index in [9.17, 15) is 4.79 Å². The van der Waals surface area contributed by atoms with Crippen LogP contribution in [0.25, 0.3) is 11.0 Å². The third-order valence-corrected chi connectivity index (χ3v) is 4.01. The average molecular weight is 353 g/mol. The first-order valence-electron chi connectivity index (χ1n) is 8.65. The lowest BCUT2D eigenvalue weighted by atomic mass is 10.3. The van der Waals surface area contributed by atoms with Gasteiger partial charge in [0.25, 0.3) is 0 Å². The number of nitrogens with zero attached hydrogens (tertiary/aromatic N) is 2. The summed E-state index contributed by atoms with van der Waals surface area (Å²) in [5.74, 6) is 1.66. The molecule has 2 aromatic carbocycles. The molecule has 3 rings (SSSR count). The lowest BCUT2D eigenvalue weighted by Gasteiger charge is -2.11. The number of para-hydroxylation sites is 3. The van der Waals surface area contributed by atoms with Crippen LogP contribution < -0.4 is 10.1 Å². The minimum Gasteiger partial charge on any atom is -0.492 e. The number of nitrogens with one attached hydrogen (secondary N) is 1. The number of hydrogen-bond acceptors (Lipinski definition) is 4. The fourth-order valence-electron chi connectivity index (χ4n) is 2.83. The molecule has 0 atom stereocenters. The van der Waals surface area contributed by atoms with Gasteiger partial charge in [0.1, 0.15) is 24.8 Å². The molecular formula is C20H23N3O3. The fraction of sp³-hybridized carbons (Fsp3) is 0.300. The number of hydrogen-bond donors (Lipinski definition) is 1. The van der Waals surface area contributed by atoms with Crippen molar-refractivity contribution in [3.8, 4) is 5.75 Å². The van der Waals surface area contributed by atoms with E-state index in [1.165, 1.54) is 7.11 Å². The molecule has 6 nitrogen and oxygen atoms in total. The van der Waals surface area contributed by atoms with E-state index in [2.05, 4.69) is 16.0 Å². The average Bonchev–Trinajstić information content (AvgIpc) is 3.01. The van der Waals surface area contributed by atoms with Crippen LogP contribution in [0.15, 0.2) is 54.6 Å². The minimum absolute atomic E-state index is 0.0708. The van der Waals surface area contributed by atoms with Crippen LogP contribution in [0.3, 0.4) is 0 Å². The Morgan fingerprint density at radius 3 is 2.69 bits per heavy atom. The van der Waals surface area contributed by atoms with Crippen LogP contribution in [-0.2, 0) is 22.5 Å². The van der Waals surface area contributed by atoms with Crippen LogP contribution in [0, 0.1) is 0 Å². The van der Waals surface area contributed by atoms with E-state index in [4.69, 9.17) is 14.5 Å². The summed E-state index contributed by atoms with van der Waals surface area (Å²) in [6.45, 7) is 1.83. The molecule has 0 radical (unpaired) electrons.